The maximum atomic E-state index is 12.7. The van der Waals surface area contributed by atoms with E-state index in [2.05, 4.69) is 15.8 Å². The third-order valence-corrected chi connectivity index (χ3v) is 6.48. The molecule has 3 aromatic rings. The van der Waals surface area contributed by atoms with Crippen LogP contribution in [0, 0.1) is 0 Å². The molecule has 0 spiro atoms. The summed E-state index contributed by atoms with van der Waals surface area (Å²) in [4.78, 5) is 14.0. The van der Waals surface area contributed by atoms with Gasteiger partial charge >= 0.3 is 0 Å². The van der Waals surface area contributed by atoms with Gasteiger partial charge in [-0.2, -0.15) is 4.37 Å². The second-order valence-corrected chi connectivity index (χ2v) is 8.04. The number of rotatable bonds is 4. The molecule has 0 radical (unpaired) electrons. The van der Waals surface area contributed by atoms with Gasteiger partial charge in [-0.15, -0.1) is 11.3 Å². The molecule has 1 amide bonds. The Hall–Kier alpha value is -1.98. The molecule has 1 fully saturated rings. The Kier molecular flexibility index (Phi) is 4.95. The van der Waals surface area contributed by atoms with Gasteiger partial charge in [0, 0.05) is 21.2 Å². The van der Waals surface area contributed by atoms with Crippen molar-refractivity contribution in [1.82, 2.24) is 4.37 Å². The number of nitrogens with zero attached hydrogens (tertiary/aromatic N) is 1. The minimum absolute atomic E-state index is 0.0457. The fourth-order valence-corrected chi connectivity index (χ4v) is 5.10. The van der Waals surface area contributed by atoms with E-state index in [1.165, 1.54) is 48.5 Å². The molecule has 0 unspecified atom stereocenters. The molecule has 1 aliphatic carbocycles. The molecule has 0 atom stereocenters. The maximum absolute atomic E-state index is 12.7. The second-order valence-electron chi connectivity index (χ2n) is 6.47. The topological polar surface area (TPSA) is 42.0 Å². The van der Waals surface area contributed by atoms with Crippen LogP contribution in [0.25, 0.3) is 11.3 Å². The van der Waals surface area contributed by atoms with Gasteiger partial charge in [0.05, 0.1) is 11.3 Å². The Morgan fingerprint density at radius 2 is 1.88 bits per heavy atom. The molecule has 0 aliphatic heterocycles. The molecule has 1 N–H and O–H groups in total. The van der Waals surface area contributed by atoms with Crippen LogP contribution in [-0.2, 0) is 0 Å². The van der Waals surface area contributed by atoms with Gasteiger partial charge < -0.3 is 5.32 Å². The summed E-state index contributed by atoms with van der Waals surface area (Å²) in [5.74, 6) is 0.596. The third kappa shape index (κ3) is 3.67. The van der Waals surface area contributed by atoms with E-state index >= 15 is 0 Å². The van der Waals surface area contributed by atoms with Crippen LogP contribution in [0.1, 0.15) is 53.3 Å². The Morgan fingerprint density at radius 1 is 1.08 bits per heavy atom. The Balaban J connectivity index is 1.50. The van der Waals surface area contributed by atoms with E-state index in [0.717, 1.165) is 22.5 Å². The number of nitrogens with one attached hydrogen (secondary N) is 1. The average Bonchev–Trinajstić information content (AvgIpc) is 3.33. The number of anilines is 1. The van der Waals surface area contributed by atoms with Crippen LogP contribution in [0.15, 0.2) is 47.2 Å². The van der Waals surface area contributed by atoms with Crippen molar-refractivity contribution in [2.75, 3.05) is 5.32 Å². The number of benzene rings is 1. The predicted molar refractivity (Wildman–Crippen MR) is 106 cm³/mol. The highest BCUT2D eigenvalue weighted by Gasteiger charge is 2.19. The number of hydrogen-bond acceptors (Lipinski definition) is 4. The minimum Gasteiger partial charge on any atom is -0.319 e. The first-order valence-corrected chi connectivity index (χ1v) is 10.4. The van der Waals surface area contributed by atoms with Gasteiger partial charge in [-0.3, -0.25) is 4.79 Å². The SMILES string of the molecule is O=C(Nc1csnc1-c1ccccc1)c1csc(C2CCCCC2)c1. The van der Waals surface area contributed by atoms with Crippen molar-refractivity contribution in [3.8, 4) is 11.3 Å². The van der Waals surface area contributed by atoms with E-state index in [4.69, 9.17) is 0 Å². The lowest BCUT2D eigenvalue weighted by Gasteiger charge is -2.19. The van der Waals surface area contributed by atoms with E-state index in [1.807, 2.05) is 41.1 Å². The summed E-state index contributed by atoms with van der Waals surface area (Å²) in [6, 6.07) is 12.0. The molecular weight excluding hydrogens is 348 g/mol. The van der Waals surface area contributed by atoms with Crippen LogP contribution >= 0.6 is 22.9 Å². The zero-order chi connectivity index (χ0) is 17.1. The highest BCUT2D eigenvalue weighted by atomic mass is 32.1. The van der Waals surface area contributed by atoms with E-state index in [1.54, 1.807) is 11.3 Å². The zero-order valence-corrected chi connectivity index (χ0v) is 15.5. The van der Waals surface area contributed by atoms with Gasteiger partial charge in [-0.1, -0.05) is 49.6 Å². The standard InChI is InChI=1S/C20H20N2OS2/c23-20(16-11-18(24-12-16)14-7-3-1-4-8-14)21-17-13-25-22-19(17)15-9-5-2-6-10-15/h2,5-6,9-14H,1,3-4,7-8H2,(H,21,23). The molecule has 1 aliphatic rings. The van der Waals surface area contributed by atoms with Gasteiger partial charge in [0.25, 0.3) is 5.91 Å². The summed E-state index contributed by atoms with van der Waals surface area (Å²) in [7, 11) is 0. The average molecular weight is 369 g/mol. The first kappa shape index (κ1) is 16.5. The number of carbonyl (C=O) groups is 1. The summed E-state index contributed by atoms with van der Waals surface area (Å²) in [6.45, 7) is 0. The van der Waals surface area contributed by atoms with E-state index in [0.29, 0.717) is 5.92 Å². The minimum atomic E-state index is -0.0457. The molecule has 2 heterocycles. The Labute approximate surface area is 155 Å². The lowest BCUT2D eigenvalue weighted by Crippen LogP contribution is -2.11. The first-order valence-electron chi connectivity index (χ1n) is 8.71. The van der Waals surface area contributed by atoms with E-state index in [9.17, 15) is 4.79 Å². The molecule has 128 valence electrons. The summed E-state index contributed by atoms with van der Waals surface area (Å²) in [5, 5.41) is 6.92. The maximum Gasteiger partial charge on any atom is 0.256 e. The molecule has 3 nitrogen and oxygen atoms in total. The van der Waals surface area contributed by atoms with E-state index in [-0.39, 0.29) is 5.91 Å². The van der Waals surface area contributed by atoms with Crippen molar-refractivity contribution in [3.05, 3.63) is 57.6 Å². The number of thiophene rings is 1. The van der Waals surface area contributed by atoms with Gasteiger partial charge in [-0.25, -0.2) is 0 Å². The van der Waals surface area contributed by atoms with Crippen LogP contribution in [0.2, 0.25) is 0 Å². The van der Waals surface area contributed by atoms with Gasteiger partial charge in [-0.05, 0) is 36.4 Å². The highest BCUT2D eigenvalue weighted by Crippen LogP contribution is 2.36. The quantitative estimate of drug-likeness (QED) is 0.598. The van der Waals surface area contributed by atoms with Crippen LogP contribution in [-0.4, -0.2) is 10.3 Å². The monoisotopic (exact) mass is 368 g/mol. The Morgan fingerprint density at radius 3 is 2.68 bits per heavy atom. The van der Waals surface area contributed by atoms with Crippen molar-refractivity contribution in [1.29, 1.82) is 0 Å². The molecular formula is C20H20N2OS2. The normalized spacial score (nSPS) is 15.2. The third-order valence-electron chi connectivity index (χ3n) is 4.75. The number of hydrogen-bond donors (Lipinski definition) is 1. The van der Waals surface area contributed by atoms with Gasteiger partial charge in [0.2, 0.25) is 0 Å². The van der Waals surface area contributed by atoms with Crippen molar-refractivity contribution in [2.45, 2.75) is 38.0 Å². The molecule has 1 saturated carbocycles. The number of amides is 1. The molecule has 1 aromatic carbocycles. The van der Waals surface area contributed by atoms with Gasteiger partial charge in [0.1, 0.15) is 5.69 Å². The highest BCUT2D eigenvalue weighted by molar-refractivity contribution is 7.10. The first-order chi connectivity index (χ1) is 12.3. The molecule has 4 rings (SSSR count). The molecule has 0 bridgehead atoms. The molecule has 0 saturated heterocycles. The Bertz CT molecular complexity index is 847. The zero-order valence-electron chi connectivity index (χ0n) is 13.9. The summed E-state index contributed by atoms with van der Waals surface area (Å²) in [5.41, 5.74) is 3.40. The lowest BCUT2D eigenvalue weighted by atomic mass is 9.88. The largest absolute Gasteiger partial charge is 0.319 e. The van der Waals surface area contributed by atoms with Crippen LogP contribution in [0.5, 0.6) is 0 Å². The number of aromatic nitrogens is 1. The van der Waals surface area contributed by atoms with Crippen LogP contribution in [0.3, 0.4) is 0 Å². The fraction of sp³-hybridized carbons (Fsp3) is 0.300. The van der Waals surface area contributed by atoms with Crippen molar-refractivity contribution < 1.29 is 4.79 Å². The summed E-state index contributed by atoms with van der Waals surface area (Å²) in [6.07, 6.45) is 6.49. The summed E-state index contributed by atoms with van der Waals surface area (Å²) >= 11 is 3.09. The molecule has 5 heteroatoms. The summed E-state index contributed by atoms with van der Waals surface area (Å²) < 4.78 is 4.44. The van der Waals surface area contributed by atoms with Crippen molar-refractivity contribution in [3.63, 3.8) is 0 Å². The van der Waals surface area contributed by atoms with Crippen molar-refractivity contribution in [2.24, 2.45) is 0 Å². The smallest absolute Gasteiger partial charge is 0.256 e. The van der Waals surface area contributed by atoms with E-state index < -0.39 is 0 Å². The number of carbonyl (C=O) groups excluding carboxylic acids is 1. The van der Waals surface area contributed by atoms with Crippen molar-refractivity contribution >= 4 is 34.5 Å². The van der Waals surface area contributed by atoms with Crippen LogP contribution < -0.4 is 5.32 Å². The molecule has 2 aromatic heterocycles. The van der Waals surface area contributed by atoms with Crippen LogP contribution in [0.4, 0.5) is 5.69 Å². The fourth-order valence-electron chi connectivity index (χ4n) is 3.40. The van der Waals surface area contributed by atoms with Gasteiger partial charge in [0.15, 0.2) is 0 Å². The predicted octanol–water partition coefficient (Wildman–Crippen LogP) is 6.17. The molecule has 25 heavy (non-hydrogen) atoms. The lowest BCUT2D eigenvalue weighted by molar-refractivity contribution is 0.102. The second kappa shape index (κ2) is 7.50.